The van der Waals surface area contributed by atoms with Gasteiger partial charge in [-0.25, -0.2) is 0 Å². The molecular formula is C15H20N4O. The molecule has 1 amide bonds. The number of anilines is 1. The molecule has 0 fully saturated rings. The van der Waals surface area contributed by atoms with Gasteiger partial charge in [0.1, 0.15) is 0 Å². The predicted octanol–water partition coefficient (Wildman–Crippen LogP) is 1.94. The van der Waals surface area contributed by atoms with Crippen molar-refractivity contribution in [2.24, 2.45) is 12.8 Å². The molecule has 0 bridgehead atoms. The van der Waals surface area contributed by atoms with E-state index in [4.69, 9.17) is 5.73 Å². The van der Waals surface area contributed by atoms with Crippen LogP contribution >= 0.6 is 0 Å². The van der Waals surface area contributed by atoms with Crippen LogP contribution < -0.4 is 10.6 Å². The van der Waals surface area contributed by atoms with E-state index in [1.807, 2.05) is 31.2 Å². The summed E-state index contributed by atoms with van der Waals surface area (Å²) in [5, 5.41) is 4.18. The number of nitrogens with two attached hydrogens (primary N) is 1. The maximum absolute atomic E-state index is 12.5. The van der Waals surface area contributed by atoms with Gasteiger partial charge in [0.25, 0.3) is 5.91 Å². The van der Waals surface area contributed by atoms with Gasteiger partial charge in [0.2, 0.25) is 0 Å². The van der Waals surface area contributed by atoms with Gasteiger partial charge < -0.3 is 10.6 Å². The zero-order valence-corrected chi connectivity index (χ0v) is 11.9. The van der Waals surface area contributed by atoms with E-state index in [1.165, 1.54) is 0 Å². The molecular weight excluding hydrogens is 252 g/mol. The molecule has 0 saturated carbocycles. The minimum absolute atomic E-state index is 0.0760. The Morgan fingerprint density at radius 3 is 2.50 bits per heavy atom. The number of benzene rings is 1. The minimum atomic E-state index is -0.0760. The van der Waals surface area contributed by atoms with Gasteiger partial charge >= 0.3 is 0 Å². The SMILES string of the molecule is CCCN(C(=O)c1ccn(C)n1)c1ccc(CN)cc1. The van der Waals surface area contributed by atoms with Crippen molar-refractivity contribution in [3.05, 3.63) is 47.8 Å². The van der Waals surface area contributed by atoms with Crippen molar-refractivity contribution in [3.8, 4) is 0 Å². The van der Waals surface area contributed by atoms with E-state index < -0.39 is 0 Å². The number of aryl methyl sites for hydroxylation is 1. The Hall–Kier alpha value is -2.14. The molecule has 0 spiro atoms. The second-order valence-electron chi connectivity index (χ2n) is 4.70. The maximum atomic E-state index is 12.5. The summed E-state index contributed by atoms with van der Waals surface area (Å²) in [4.78, 5) is 14.3. The fourth-order valence-corrected chi connectivity index (χ4v) is 2.05. The normalized spacial score (nSPS) is 10.6. The lowest BCUT2D eigenvalue weighted by atomic mass is 10.2. The van der Waals surface area contributed by atoms with E-state index in [2.05, 4.69) is 5.10 Å². The molecule has 1 aromatic heterocycles. The van der Waals surface area contributed by atoms with Crippen LogP contribution in [0.3, 0.4) is 0 Å². The highest BCUT2D eigenvalue weighted by atomic mass is 16.2. The fraction of sp³-hybridized carbons (Fsp3) is 0.333. The molecule has 5 nitrogen and oxygen atoms in total. The molecule has 1 heterocycles. The first-order valence-electron chi connectivity index (χ1n) is 6.76. The first kappa shape index (κ1) is 14.3. The van der Waals surface area contributed by atoms with E-state index in [0.717, 1.165) is 17.7 Å². The highest BCUT2D eigenvalue weighted by Crippen LogP contribution is 2.18. The van der Waals surface area contributed by atoms with Crippen molar-refractivity contribution in [1.29, 1.82) is 0 Å². The monoisotopic (exact) mass is 272 g/mol. The van der Waals surface area contributed by atoms with Crippen molar-refractivity contribution in [2.75, 3.05) is 11.4 Å². The second-order valence-corrected chi connectivity index (χ2v) is 4.70. The molecule has 2 aromatic rings. The van der Waals surface area contributed by atoms with Crippen LogP contribution in [-0.2, 0) is 13.6 Å². The minimum Gasteiger partial charge on any atom is -0.326 e. The summed E-state index contributed by atoms with van der Waals surface area (Å²) in [7, 11) is 1.80. The Labute approximate surface area is 119 Å². The number of aromatic nitrogens is 2. The molecule has 0 aliphatic heterocycles. The molecule has 0 atom stereocenters. The highest BCUT2D eigenvalue weighted by Gasteiger charge is 2.18. The van der Waals surface area contributed by atoms with Crippen LogP contribution in [0.15, 0.2) is 36.5 Å². The number of amides is 1. The molecule has 5 heteroatoms. The molecule has 0 aliphatic carbocycles. The Bertz CT molecular complexity index is 574. The summed E-state index contributed by atoms with van der Waals surface area (Å²) in [6.45, 7) is 3.21. The van der Waals surface area contributed by atoms with Crippen LogP contribution in [0.2, 0.25) is 0 Å². The quantitative estimate of drug-likeness (QED) is 0.904. The Kier molecular flexibility index (Phi) is 4.53. The largest absolute Gasteiger partial charge is 0.326 e. The van der Waals surface area contributed by atoms with Crippen LogP contribution in [0, 0.1) is 0 Å². The Morgan fingerprint density at radius 1 is 1.30 bits per heavy atom. The zero-order valence-electron chi connectivity index (χ0n) is 11.9. The third-order valence-corrected chi connectivity index (χ3v) is 3.11. The number of hydrogen-bond donors (Lipinski definition) is 1. The first-order chi connectivity index (χ1) is 9.65. The number of nitrogens with zero attached hydrogens (tertiary/aromatic N) is 3. The van der Waals surface area contributed by atoms with Crippen LogP contribution in [-0.4, -0.2) is 22.2 Å². The van der Waals surface area contributed by atoms with Gasteiger partial charge in [0, 0.05) is 32.0 Å². The standard InChI is InChI=1S/C15H20N4O/c1-3-9-19(13-6-4-12(11-16)5-7-13)15(20)14-8-10-18(2)17-14/h4-8,10H,3,9,11,16H2,1-2H3. The summed E-state index contributed by atoms with van der Waals surface area (Å²) in [5.41, 5.74) is 7.98. The maximum Gasteiger partial charge on any atom is 0.278 e. The summed E-state index contributed by atoms with van der Waals surface area (Å²) in [6, 6.07) is 9.49. The van der Waals surface area contributed by atoms with Crippen molar-refractivity contribution >= 4 is 11.6 Å². The average Bonchev–Trinajstić information content (AvgIpc) is 2.91. The zero-order chi connectivity index (χ0) is 14.5. The predicted molar refractivity (Wildman–Crippen MR) is 79.5 cm³/mol. The highest BCUT2D eigenvalue weighted by molar-refractivity contribution is 6.04. The lowest BCUT2D eigenvalue weighted by Crippen LogP contribution is -2.32. The van der Waals surface area contributed by atoms with Gasteiger partial charge in [-0.05, 0) is 30.2 Å². The topological polar surface area (TPSA) is 64.2 Å². The molecule has 20 heavy (non-hydrogen) atoms. The third-order valence-electron chi connectivity index (χ3n) is 3.11. The van der Waals surface area contributed by atoms with Crippen LogP contribution in [0.25, 0.3) is 0 Å². The number of rotatable bonds is 5. The smallest absolute Gasteiger partial charge is 0.278 e. The van der Waals surface area contributed by atoms with E-state index >= 15 is 0 Å². The van der Waals surface area contributed by atoms with Gasteiger partial charge in [-0.2, -0.15) is 5.10 Å². The number of carbonyl (C=O) groups is 1. The van der Waals surface area contributed by atoms with Crippen molar-refractivity contribution in [1.82, 2.24) is 9.78 Å². The van der Waals surface area contributed by atoms with Crippen LogP contribution in [0.5, 0.6) is 0 Å². The molecule has 106 valence electrons. The van der Waals surface area contributed by atoms with E-state index in [9.17, 15) is 4.79 Å². The summed E-state index contributed by atoms with van der Waals surface area (Å²) in [5.74, 6) is -0.0760. The average molecular weight is 272 g/mol. The van der Waals surface area contributed by atoms with Crippen molar-refractivity contribution < 1.29 is 4.79 Å². The number of hydrogen-bond acceptors (Lipinski definition) is 3. The van der Waals surface area contributed by atoms with Crippen molar-refractivity contribution in [3.63, 3.8) is 0 Å². The summed E-state index contributed by atoms with van der Waals surface area (Å²) in [6.07, 6.45) is 2.66. The molecule has 0 radical (unpaired) electrons. The van der Waals surface area contributed by atoms with Crippen LogP contribution in [0.1, 0.15) is 29.4 Å². The van der Waals surface area contributed by atoms with E-state index in [1.54, 1.807) is 28.9 Å². The summed E-state index contributed by atoms with van der Waals surface area (Å²) >= 11 is 0. The molecule has 1 aromatic carbocycles. The van der Waals surface area contributed by atoms with E-state index in [-0.39, 0.29) is 5.91 Å². The summed E-state index contributed by atoms with van der Waals surface area (Å²) < 4.78 is 1.63. The van der Waals surface area contributed by atoms with Gasteiger partial charge in [0.15, 0.2) is 5.69 Å². The van der Waals surface area contributed by atoms with Gasteiger partial charge in [-0.3, -0.25) is 9.48 Å². The lowest BCUT2D eigenvalue weighted by Gasteiger charge is -2.21. The van der Waals surface area contributed by atoms with E-state index in [0.29, 0.717) is 18.8 Å². The van der Waals surface area contributed by atoms with Gasteiger partial charge in [-0.15, -0.1) is 0 Å². The number of carbonyl (C=O) groups excluding carboxylic acids is 1. The first-order valence-corrected chi connectivity index (χ1v) is 6.76. The lowest BCUT2D eigenvalue weighted by molar-refractivity contribution is 0.0981. The molecule has 0 aliphatic rings. The van der Waals surface area contributed by atoms with Crippen molar-refractivity contribution in [2.45, 2.75) is 19.9 Å². The van der Waals surface area contributed by atoms with Gasteiger partial charge in [0.05, 0.1) is 0 Å². The second kappa shape index (κ2) is 6.34. The van der Waals surface area contributed by atoms with Crippen LogP contribution in [0.4, 0.5) is 5.69 Å². The van der Waals surface area contributed by atoms with Gasteiger partial charge in [-0.1, -0.05) is 19.1 Å². The Morgan fingerprint density at radius 2 is 2.00 bits per heavy atom. The fourth-order valence-electron chi connectivity index (χ4n) is 2.05. The molecule has 0 unspecified atom stereocenters. The molecule has 0 saturated heterocycles. The Balaban J connectivity index is 2.27. The molecule has 2 rings (SSSR count). The third kappa shape index (κ3) is 3.05. The molecule has 2 N–H and O–H groups in total.